The number of hydrogen-bond donors (Lipinski definition) is 3. The average Bonchev–Trinajstić information content (AvgIpc) is 2.36. The first-order valence-corrected chi connectivity index (χ1v) is 6.29. The molecule has 0 saturated carbocycles. The van der Waals surface area contributed by atoms with Crippen molar-refractivity contribution < 1.29 is 14.7 Å². The Bertz CT molecular complexity index is 554. The molecule has 0 aromatic heterocycles. The zero-order valence-corrected chi connectivity index (χ0v) is 11.6. The number of nitrogens with zero attached hydrogens (tertiary/aromatic N) is 1. The number of nitriles is 1. The second-order valence-corrected chi connectivity index (χ2v) is 4.65. The van der Waals surface area contributed by atoms with Gasteiger partial charge >= 0.3 is 12.0 Å². The molecule has 7 heteroatoms. The third kappa shape index (κ3) is 5.16. The quantitative estimate of drug-likeness (QED) is 0.777. The molecular formula is C13H14ClN3O3. The lowest BCUT2D eigenvalue weighted by molar-refractivity contribution is -0.137. The third-order valence-corrected chi connectivity index (χ3v) is 2.83. The van der Waals surface area contributed by atoms with Gasteiger partial charge in [-0.3, -0.25) is 4.79 Å². The maximum absolute atomic E-state index is 11.7. The predicted molar refractivity (Wildman–Crippen MR) is 74.7 cm³/mol. The summed E-state index contributed by atoms with van der Waals surface area (Å²) in [5, 5.41) is 22.7. The number of carbonyl (C=O) groups is 2. The molecule has 0 aliphatic carbocycles. The highest BCUT2D eigenvalue weighted by Gasteiger charge is 2.10. The molecule has 1 atom stereocenters. The zero-order chi connectivity index (χ0) is 15.1. The molecule has 106 valence electrons. The monoisotopic (exact) mass is 295 g/mol. The summed E-state index contributed by atoms with van der Waals surface area (Å²) >= 11 is 5.84. The molecule has 1 aromatic carbocycles. The van der Waals surface area contributed by atoms with Crippen LogP contribution < -0.4 is 10.6 Å². The molecular weight excluding hydrogens is 282 g/mol. The fourth-order valence-corrected chi connectivity index (χ4v) is 1.71. The molecule has 2 amide bonds. The molecule has 1 unspecified atom stereocenters. The number of carbonyl (C=O) groups excluding carboxylic acids is 1. The van der Waals surface area contributed by atoms with Crippen LogP contribution in [0.25, 0.3) is 0 Å². The Balaban J connectivity index is 2.52. The molecule has 0 heterocycles. The van der Waals surface area contributed by atoms with Crippen molar-refractivity contribution in [1.29, 1.82) is 5.26 Å². The Labute approximate surface area is 121 Å². The number of rotatable bonds is 5. The van der Waals surface area contributed by atoms with E-state index in [4.69, 9.17) is 22.0 Å². The van der Waals surface area contributed by atoms with E-state index >= 15 is 0 Å². The van der Waals surface area contributed by atoms with Crippen molar-refractivity contribution in [3.05, 3.63) is 28.8 Å². The summed E-state index contributed by atoms with van der Waals surface area (Å²) < 4.78 is 0. The maximum atomic E-state index is 11.7. The second-order valence-electron chi connectivity index (χ2n) is 4.24. The zero-order valence-electron chi connectivity index (χ0n) is 10.8. The summed E-state index contributed by atoms with van der Waals surface area (Å²) in [6, 6.07) is 5.74. The highest BCUT2D eigenvalue weighted by atomic mass is 35.5. The summed E-state index contributed by atoms with van der Waals surface area (Å²) in [6.07, 6.45) is 0.334. The Hall–Kier alpha value is -2.26. The average molecular weight is 296 g/mol. The molecule has 3 N–H and O–H groups in total. The molecule has 20 heavy (non-hydrogen) atoms. The molecule has 0 bridgehead atoms. The molecule has 1 aromatic rings. The summed E-state index contributed by atoms with van der Waals surface area (Å²) in [5.74, 6) is -0.905. The van der Waals surface area contributed by atoms with Crippen molar-refractivity contribution in [2.75, 3.05) is 5.32 Å². The van der Waals surface area contributed by atoms with Crippen LogP contribution in [0.15, 0.2) is 18.2 Å². The van der Waals surface area contributed by atoms with Gasteiger partial charge in [0.1, 0.15) is 6.07 Å². The van der Waals surface area contributed by atoms with E-state index in [-0.39, 0.29) is 17.5 Å². The first kappa shape index (κ1) is 15.8. The Morgan fingerprint density at radius 1 is 1.50 bits per heavy atom. The first-order chi connectivity index (χ1) is 9.42. The van der Waals surface area contributed by atoms with Crippen molar-refractivity contribution in [3.63, 3.8) is 0 Å². The molecule has 0 aliphatic heterocycles. The van der Waals surface area contributed by atoms with Gasteiger partial charge in [-0.2, -0.15) is 5.26 Å². The number of carboxylic acids is 1. The minimum atomic E-state index is -0.905. The molecule has 0 radical (unpaired) electrons. The fourth-order valence-electron chi connectivity index (χ4n) is 1.49. The van der Waals surface area contributed by atoms with Gasteiger partial charge in [0.15, 0.2) is 0 Å². The number of amides is 2. The van der Waals surface area contributed by atoms with E-state index in [0.717, 1.165) is 0 Å². The lowest BCUT2D eigenvalue weighted by Crippen LogP contribution is -2.36. The van der Waals surface area contributed by atoms with E-state index in [1.165, 1.54) is 12.1 Å². The fraction of sp³-hybridized carbons (Fsp3) is 0.308. The lowest BCUT2D eigenvalue weighted by atomic mass is 10.2. The van der Waals surface area contributed by atoms with Crippen molar-refractivity contribution >= 4 is 29.3 Å². The SMILES string of the molecule is CC(CCC(=O)O)NC(=O)Nc1ccc(C#N)c(Cl)c1. The standard InChI is InChI=1S/C13H14ClN3O3/c1-8(2-5-12(18)19)16-13(20)17-10-4-3-9(7-15)11(14)6-10/h3-4,6,8H,2,5H2,1H3,(H,18,19)(H2,16,17,20). The number of urea groups is 1. The smallest absolute Gasteiger partial charge is 0.319 e. The van der Waals surface area contributed by atoms with Gasteiger partial charge < -0.3 is 15.7 Å². The highest BCUT2D eigenvalue weighted by molar-refractivity contribution is 6.32. The van der Waals surface area contributed by atoms with Crippen LogP contribution in [0.4, 0.5) is 10.5 Å². The van der Waals surface area contributed by atoms with Gasteiger partial charge in [0.05, 0.1) is 10.6 Å². The van der Waals surface area contributed by atoms with Crippen LogP contribution in [-0.4, -0.2) is 23.1 Å². The van der Waals surface area contributed by atoms with E-state index in [9.17, 15) is 9.59 Å². The van der Waals surface area contributed by atoms with E-state index in [0.29, 0.717) is 17.7 Å². The number of aliphatic carboxylic acids is 1. The van der Waals surface area contributed by atoms with Crippen molar-refractivity contribution in [3.8, 4) is 6.07 Å². The topological polar surface area (TPSA) is 102 Å². The van der Waals surface area contributed by atoms with Gasteiger partial charge in [-0.15, -0.1) is 0 Å². The van der Waals surface area contributed by atoms with Gasteiger partial charge in [-0.05, 0) is 31.5 Å². The number of anilines is 1. The van der Waals surface area contributed by atoms with Crippen molar-refractivity contribution in [2.45, 2.75) is 25.8 Å². The Morgan fingerprint density at radius 2 is 2.20 bits per heavy atom. The van der Waals surface area contributed by atoms with Gasteiger partial charge in [-0.25, -0.2) is 4.79 Å². The van der Waals surface area contributed by atoms with Crippen molar-refractivity contribution in [1.82, 2.24) is 5.32 Å². The predicted octanol–water partition coefficient (Wildman–Crippen LogP) is 2.59. The van der Waals surface area contributed by atoms with Crippen LogP contribution >= 0.6 is 11.6 Å². The van der Waals surface area contributed by atoms with Crippen LogP contribution in [0.3, 0.4) is 0 Å². The van der Waals surface area contributed by atoms with Gasteiger partial charge in [-0.1, -0.05) is 11.6 Å². The van der Waals surface area contributed by atoms with Crippen LogP contribution in [0.2, 0.25) is 5.02 Å². The van der Waals surface area contributed by atoms with Gasteiger partial charge in [0.2, 0.25) is 0 Å². The summed E-state index contributed by atoms with van der Waals surface area (Å²) in [6.45, 7) is 1.72. The molecule has 0 aliphatic rings. The number of nitrogens with one attached hydrogen (secondary N) is 2. The minimum absolute atomic E-state index is 0.00978. The number of carboxylic acid groups (broad SMARTS) is 1. The van der Waals surface area contributed by atoms with Crippen LogP contribution in [0, 0.1) is 11.3 Å². The van der Waals surface area contributed by atoms with E-state index in [1.54, 1.807) is 13.0 Å². The van der Waals surface area contributed by atoms with Gasteiger partial charge in [0, 0.05) is 18.2 Å². The molecule has 0 spiro atoms. The minimum Gasteiger partial charge on any atom is -0.481 e. The van der Waals surface area contributed by atoms with E-state index < -0.39 is 12.0 Å². The Morgan fingerprint density at radius 3 is 2.75 bits per heavy atom. The van der Waals surface area contributed by atoms with E-state index in [1.807, 2.05) is 6.07 Å². The number of benzene rings is 1. The summed E-state index contributed by atoms with van der Waals surface area (Å²) in [7, 11) is 0. The second kappa shape index (κ2) is 7.36. The molecule has 1 rings (SSSR count). The number of halogens is 1. The van der Waals surface area contributed by atoms with Crippen LogP contribution in [0.5, 0.6) is 0 Å². The first-order valence-electron chi connectivity index (χ1n) is 5.91. The maximum Gasteiger partial charge on any atom is 0.319 e. The normalized spacial score (nSPS) is 11.2. The number of hydrogen-bond acceptors (Lipinski definition) is 3. The van der Waals surface area contributed by atoms with Gasteiger partial charge in [0.25, 0.3) is 0 Å². The highest BCUT2D eigenvalue weighted by Crippen LogP contribution is 2.20. The lowest BCUT2D eigenvalue weighted by Gasteiger charge is -2.13. The summed E-state index contributed by atoms with van der Waals surface area (Å²) in [5.41, 5.74) is 0.782. The Kier molecular flexibility index (Phi) is 5.81. The van der Waals surface area contributed by atoms with Crippen molar-refractivity contribution in [2.24, 2.45) is 0 Å². The summed E-state index contributed by atoms with van der Waals surface area (Å²) in [4.78, 5) is 22.1. The third-order valence-electron chi connectivity index (χ3n) is 2.52. The molecule has 6 nitrogen and oxygen atoms in total. The molecule has 0 fully saturated rings. The largest absolute Gasteiger partial charge is 0.481 e. The van der Waals surface area contributed by atoms with Crippen LogP contribution in [-0.2, 0) is 4.79 Å². The van der Waals surface area contributed by atoms with Crippen LogP contribution in [0.1, 0.15) is 25.3 Å². The van der Waals surface area contributed by atoms with E-state index in [2.05, 4.69) is 10.6 Å². The molecule has 0 saturated heterocycles.